The third kappa shape index (κ3) is 3.61. The van der Waals surface area contributed by atoms with Gasteiger partial charge in [0.05, 0.1) is 13.2 Å². The average molecular weight is 318 g/mol. The smallest absolute Gasteiger partial charge is 0.152 e. The minimum Gasteiger partial charge on any atom is -0.383 e. The highest BCUT2D eigenvalue weighted by atomic mass is 16.5. The fourth-order valence-electron chi connectivity index (χ4n) is 3.28. The van der Waals surface area contributed by atoms with E-state index in [0.29, 0.717) is 5.92 Å². The van der Waals surface area contributed by atoms with Gasteiger partial charge >= 0.3 is 0 Å². The fraction of sp³-hybridized carbons (Fsp3) is 0.688. The SMILES string of the molecule is COCCN1CCCC(c2nnc(Cn3ccnc3C)n2C)C1. The minimum absolute atomic E-state index is 0.454. The molecule has 7 nitrogen and oxygen atoms in total. The lowest BCUT2D eigenvalue weighted by molar-refractivity contribution is 0.126. The van der Waals surface area contributed by atoms with Crippen molar-refractivity contribution >= 4 is 0 Å². The molecule has 0 bridgehead atoms. The molecule has 0 N–H and O–H groups in total. The van der Waals surface area contributed by atoms with Crippen LogP contribution in [0.5, 0.6) is 0 Å². The summed E-state index contributed by atoms with van der Waals surface area (Å²) in [5.74, 6) is 3.53. The molecular weight excluding hydrogens is 292 g/mol. The van der Waals surface area contributed by atoms with E-state index in [1.54, 1.807) is 7.11 Å². The average Bonchev–Trinajstić information content (AvgIpc) is 3.13. The minimum atomic E-state index is 0.454. The second-order valence-corrected chi connectivity index (χ2v) is 6.27. The monoisotopic (exact) mass is 318 g/mol. The Morgan fingerprint density at radius 3 is 2.96 bits per heavy atom. The Hall–Kier alpha value is -1.73. The molecule has 0 amide bonds. The summed E-state index contributed by atoms with van der Waals surface area (Å²) in [6.07, 6.45) is 6.19. The van der Waals surface area contributed by atoms with E-state index < -0.39 is 0 Å². The highest BCUT2D eigenvalue weighted by Crippen LogP contribution is 2.25. The number of ether oxygens (including phenoxy) is 1. The molecule has 3 heterocycles. The quantitative estimate of drug-likeness (QED) is 0.801. The lowest BCUT2D eigenvalue weighted by Gasteiger charge is -2.31. The van der Waals surface area contributed by atoms with Crippen molar-refractivity contribution < 1.29 is 4.74 Å². The maximum atomic E-state index is 5.20. The van der Waals surface area contributed by atoms with Crippen molar-refractivity contribution in [1.82, 2.24) is 29.2 Å². The molecule has 23 heavy (non-hydrogen) atoms. The van der Waals surface area contributed by atoms with Gasteiger partial charge in [0.25, 0.3) is 0 Å². The summed E-state index contributed by atoms with van der Waals surface area (Å²) >= 11 is 0. The molecule has 2 aromatic heterocycles. The van der Waals surface area contributed by atoms with Crippen molar-refractivity contribution in [1.29, 1.82) is 0 Å². The van der Waals surface area contributed by atoms with Crippen LogP contribution in [0.25, 0.3) is 0 Å². The van der Waals surface area contributed by atoms with E-state index in [1.165, 1.54) is 12.8 Å². The summed E-state index contributed by atoms with van der Waals surface area (Å²) in [5.41, 5.74) is 0. The number of piperidine rings is 1. The van der Waals surface area contributed by atoms with Gasteiger partial charge in [0.2, 0.25) is 0 Å². The first-order chi connectivity index (χ1) is 11.2. The van der Waals surface area contributed by atoms with Crippen molar-refractivity contribution in [2.45, 2.75) is 32.2 Å². The number of aryl methyl sites for hydroxylation is 1. The van der Waals surface area contributed by atoms with Crippen LogP contribution < -0.4 is 0 Å². The van der Waals surface area contributed by atoms with Crippen LogP contribution in [0, 0.1) is 6.92 Å². The highest BCUT2D eigenvalue weighted by Gasteiger charge is 2.25. The van der Waals surface area contributed by atoms with E-state index in [2.05, 4.69) is 36.3 Å². The zero-order valence-corrected chi connectivity index (χ0v) is 14.3. The summed E-state index contributed by atoms with van der Waals surface area (Å²) in [7, 11) is 3.83. The lowest BCUT2D eigenvalue weighted by atomic mass is 9.97. The maximum Gasteiger partial charge on any atom is 0.152 e. The zero-order valence-electron chi connectivity index (χ0n) is 14.3. The summed E-state index contributed by atoms with van der Waals surface area (Å²) in [6, 6.07) is 0. The van der Waals surface area contributed by atoms with Crippen molar-refractivity contribution in [3.8, 4) is 0 Å². The molecule has 2 aromatic rings. The number of imidazole rings is 1. The third-order valence-electron chi connectivity index (χ3n) is 4.72. The largest absolute Gasteiger partial charge is 0.383 e. The second kappa shape index (κ2) is 7.23. The summed E-state index contributed by atoms with van der Waals surface area (Å²) in [4.78, 5) is 6.73. The van der Waals surface area contributed by atoms with Gasteiger partial charge in [0, 0.05) is 45.6 Å². The number of nitrogens with zero attached hydrogens (tertiary/aromatic N) is 6. The molecule has 1 unspecified atom stereocenters. The molecule has 7 heteroatoms. The molecule has 0 aromatic carbocycles. The van der Waals surface area contributed by atoms with Gasteiger partial charge in [-0.3, -0.25) is 0 Å². The molecule has 0 spiro atoms. The number of aromatic nitrogens is 5. The van der Waals surface area contributed by atoms with Crippen LogP contribution in [0.4, 0.5) is 0 Å². The highest BCUT2D eigenvalue weighted by molar-refractivity contribution is 5.05. The van der Waals surface area contributed by atoms with Gasteiger partial charge in [-0.25, -0.2) is 4.98 Å². The molecule has 126 valence electrons. The molecule has 0 aliphatic carbocycles. The summed E-state index contributed by atoms with van der Waals surface area (Å²) < 4.78 is 9.45. The van der Waals surface area contributed by atoms with Crippen LogP contribution in [0.1, 0.15) is 36.2 Å². The van der Waals surface area contributed by atoms with Gasteiger partial charge in [-0.2, -0.15) is 0 Å². The molecule has 0 saturated carbocycles. The summed E-state index contributed by atoms with van der Waals surface area (Å²) in [5, 5.41) is 8.90. The van der Waals surface area contributed by atoms with Crippen LogP contribution in [0.2, 0.25) is 0 Å². The van der Waals surface area contributed by atoms with Crippen LogP contribution in [0.15, 0.2) is 12.4 Å². The Labute approximate surface area is 137 Å². The number of rotatable bonds is 6. The molecule has 3 rings (SSSR count). The summed E-state index contributed by atoms with van der Waals surface area (Å²) in [6.45, 7) is 6.70. The third-order valence-corrected chi connectivity index (χ3v) is 4.72. The first-order valence-electron chi connectivity index (χ1n) is 8.26. The van der Waals surface area contributed by atoms with Crippen molar-refractivity contribution in [2.24, 2.45) is 7.05 Å². The van der Waals surface area contributed by atoms with Gasteiger partial charge in [0.15, 0.2) is 5.82 Å². The molecule has 1 fully saturated rings. The molecule has 1 saturated heterocycles. The normalized spacial score (nSPS) is 19.3. The van der Waals surface area contributed by atoms with Gasteiger partial charge in [-0.1, -0.05) is 0 Å². The van der Waals surface area contributed by atoms with Crippen molar-refractivity contribution in [3.63, 3.8) is 0 Å². The van der Waals surface area contributed by atoms with Crippen LogP contribution in [0.3, 0.4) is 0 Å². The molecule has 1 atom stereocenters. The molecular formula is C16H26N6O. The van der Waals surface area contributed by atoms with E-state index in [9.17, 15) is 0 Å². The van der Waals surface area contributed by atoms with Crippen LogP contribution in [-0.2, 0) is 18.3 Å². The van der Waals surface area contributed by atoms with E-state index >= 15 is 0 Å². The number of hydrogen-bond donors (Lipinski definition) is 0. The Balaban J connectivity index is 1.70. The van der Waals surface area contributed by atoms with E-state index in [1.807, 2.05) is 19.3 Å². The van der Waals surface area contributed by atoms with Crippen LogP contribution in [-0.4, -0.2) is 62.6 Å². The predicted octanol–water partition coefficient (Wildman–Crippen LogP) is 1.19. The van der Waals surface area contributed by atoms with Crippen molar-refractivity contribution in [3.05, 3.63) is 29.9 Å². The van der Waals surface area contributed by atoms with E-state index in [-0.39, 0.29) is 0 Å². The predicted molar refractivity (Wildman–Crippen MR) is 87.4 cm³/mol. The topological polar surface area (TPSA) is 61.0 Å². The van der Waals surface area contributed by atoms with Gasteiger partial charge in [0.1, 0.15) is 11.6 Å². The lowest BCUT2D eigenvalue weighted by Crippen LogP contribution is -2.37. The Bertz CT molecular complexity index is 634. The maximum absolute atomic E-state index is 5.20. The molecule has 0 radical (unpaired) electrons. The van der Waals surface area contributed by atoms with Gasteiger partial charge in [-0.15, -0.1) is 10.2 Å². The first kappa shape index (κ1) is 16.1. The fourth-order valence-corrected chi connectivity index (χ4v) is 3.28. The Kier molecular flexibility index (Phi) is 5.07. The second-order valence-electron chi connectivity index (χ2n) is 6.27. The first-order valence-corrected chi connectivity index (χ1v) is 8.26. The standard InChI is InChI=1S/C16H26N6O/c1-13-17-6-8-22(13)12-15-18-19-16(20(15)2)14-5-4-7-21(11-14)9-10-23-3/h6,8,14H,4-5,7,9-12H2,1-3H3. The Morgan fingerprint density at radius 2 is 2.22 bits per heavy atom. The number of methoxy groups -OCH3 is 1. The van der Waals surface area contributed by atoms with Gasteiger partial charge < -0.3 is 18.8 Å². The van der Waals surface area contributed by atoms with Gasteiger partial charge in [-0.05, 0) is 26.3 Å². The Morgan fingerprint density at radius 1 is 1.35 bits per heavy atom. The molecule has 1 aliphatic heterocycles. The van der Waals surface area contributed by atoms with Crippen LogP contribution >= 0.6 is 0 Å². The number of likely N-dealkylation sites (tertiary alicyclic amines) is 1. The molecule has 1 aliphatic rings. The van der Waals surface area contributed by atoms with E-state index in [4.69, 9.17) is 4.74 Å². The van der Waals surface area contributed by atoms with Crippen molar-refractivity contribution in [2.75, 3.05) is 33.4 Å². The number of hydrogen-bond acceptors (Lipinski definition) is 5. The zero-order chi connectivity index (χ0) is 16.2. The van der Waals surface area contributed by atoms with E-state index in [0.717, 1.165) is 50.3 Å².